The molecule has 1 heterocycles. The van der Waals surface area contributed by atoms with Crippen molar-refractivity contribution >= 4 is 21.6 Å². The van der Waals surface area contributed by atoms with Crippen LogP contribution in [-0.2, 0) is 21.2 Å². The Morgan fingerprint density at radius 2 is 1.76 bits per heavy atom. The van der Waals surface area contributed by atoms with Crippen molar-refractivity contribution in [1.82, 2.24) is 9.62 Å². The van der Waals surface area contributed by atoms with Gasteiger partial charge in [0.2, 0.25) is 15.9 Å². The number of hydrogen-bond donors (Lipinski definition) is 2. The number of hydrogen-bond acceptors (Lipinski definition) is 4. The standard InChI is InChI=1S/C22H29N3O3S/c1-18-10-11-20(16-21(18)29(27,28)25-14-6-3-7-15-25)24-17-22(26)23-13-12-19-8-4-2-5-9-19/h2,4-5,8-11,16,24H,3,6-7,12-15,17H2,1H3,(H,23,26). The Balaban J connectivity index is 1.56. The lowest BCUT2D eigenvalue weighted by Gasteiger charge is -2.26. The lowest BCUT2D eigenvalue weighted by atomic mass is 10.1. The summed E-state index contributed by atoms with van der Waals surface area (Å²) in [4.78, 5) is 12.4. The van der Waals surface area contributed by atoms with Crippen molar-refractivity contribution in [2.45, 2.75) is 37.5 Å². The zero-order valence-corrected chi connectivity index (χ0v) is 17.7. The first-order valence-corrected chi connectivity index (χ1v) is 11.6. The average Bonchev–Trinajstić information content (AvgIpc) is 2.74. The Bertz CT molecular complexity index is 924. The Morgan fingerprint density at radius 1 is 1.03 bits per heavy atom. The molecule has 1 saturated heterocycles. The summed E-state index contributed by atoms with van der Waals surface area (Å²) in [7, 11) is -3.51. The minimum atomic E-state index is -3.51. The zero-order chi connectivity index (χ0) is 20.7. The molecular weight excluding hydrogens is 386 g/mol. The number of amides is 1. The number of anilines is 1. The van der Waals surface area contributed by atoms with Gasteiger partial charge in [-0.05, 0) is 49.4 Å². The Kier molecular flexibility index (Phi) is 7.28. The van der Waals surface area contributed by atoms with Crippen molar-refractivity contribution in [1.29, 1.82) is 0 Å². The second-order valence-electron chi connectivity index (χ2n) is 7.38. The number of nitrogens with zero attached hydrogens (tertiary/aromatic N) is 1. The van der Waals surface area contributed by atoms with Gasteiger partial charge in [-0.3, -0.25) is 4.79 Å². The molecule has 29 heavy (non-hydrogen) atoms. The Labute approximate surface area is 173 Å². The zero-order valence-electron chi connectivity index (χ0n) is 16.9. The molecule has 0 aromatic heterocycles. The molecule has 6 nitrogen and oxygen atoms in total. The third-order valence-electron chi connectivity index (χ3n) is 5.15. The molecule has 7 heteroatoms. The van der Waals surface area contributed by atoms with E-state index in [1.54, 1.807) is 23.4 Å². The molecule has 2 N–H and O–H groups in total. The van der Waals surface area contributed by atoms with Gasteiger partial charge >= 0.3 is 0 Å². The van der Waals surface area contributed by atoms with E-state index in [1.165, 1.54) is 5.56 Å². The smallest absolute Gasteiger partial charge is 0.243 e. The van der Waals surface area contributed by atoms with Crippen LogP contribution in [0.15, 0.2) is 53.4 Å². The number of sulfonamides is 1. The number of rotatable bonds is 8. The van der Waals surface area contributed by atoms with Crippen LogP contribution in [0, 0.1) is 6.92 Å². The van der Waals surface area contributed by atoms with Crippen molar-refractivity contribution in [3.8, 4) is 0 Å². The summed E-state index contributed by atoms with van der Waals surface area (Å²) in [6, 6.07) is 15.2. The van der Waals surface area contributed by atoms with Crippen molar-refractivity contribution in [2.24, 2.45) is 0 Å². The third-order valence-corrected chi connectivity index (χ3v) is 7.19. The van der Waals surface area contributed by atoms with Gasteiger partial charge < -0.3 is 10.6 Å². The SMILES string of the molecule is Cc1ccc(NCC(=O)NCCc2ccccc2)cc1S(=O)(=O)N1CCCCC1. The lowest BCUT2D eigenvalue weighted by molar-refractivity contribution is -0.119. The maximum absolute atomic E-state index is 13.0. The Hall–Kier alpha value is -2.38. The fourth-order valence-corrected chi connectivity index (χ4v) is 5.24. The van der Waals surface area contributed by atoms with Gasteiger partial charge in [-0.1, -0.05) is 42.8 Å². The first-order chi connectivity index (χ1) is 14.0. The quantitative estimate of drug-likeness (QED) is 0.695. The van der Waals surface area contributed by atoms with E-state index in [9.17, 15) is 13.2 Å². The highest BCUT2D eigenvalue weighted by Crippen LogP contribution is 2.25. The van der Waals surface area contributed by atoms with Gasteiger partial charge in [0.15, 0.2) is 0 Å². The Morgan fingerprint density at radius 3 is 2.48 bits per heavy atom. The summed E-state index contributed by atoms with van der Waals surface area (Å²) in [6.07, 6.45) is 3.65. The minimum Gasteiger partial charge on any atom is -0.376 e. The van der Waals surface area contributed by atoms with Crippen molar-refractivity contribution in [3.05, 3.63) is 59.7 Å². The van der Waals surface area contributed by atoms with Crippen LogP contribution in [0.3, 0.4) is 0 Å². The number of carbonyl (C=O) groups is 1. The molecule has 0 aliphatic carbocycles. The number of benzene rings is 2. The maximum atomic E-state index is 13.0. The molecule has 1 amide bonds. The van der Waals surface area contributed by atoms with Crippen molar-refractivity contribution in [2.75, 3.05) is 31.5 Å². The topological polar surface area (TPSA) is 78.5 Å². The van der Waals surface area contributed by atoms with Gasteiger partial charge in [0.1, 0.15) is 0 Å². The molecule has 2 aromatic rings. The molecule has 0 atom stereocenters. The molecule has 1 aliphatic rings. The van der Waals surface area contributed by atoms with Gasteiger partial charge in [0.25, 0.3) is 0 Å². The second kappa shape index (κ2) is 9.89. The van der Waals surface area contributed by atoms with E-state index in [4.69, 9.17) is 0 Å². The van der Waals surface area contributed by atoms with E-state index < -0.39 is 10.0 Å². The van der Waals surface area contributed by atoms with Crippen molar-refractivity contribution in [3.63, 3.8) is 0 Å². The van der Waals surface area contributed by atoms with Crippen LogP contribution >= 0.6 is 0 Å². The highest BCUT2D eigenvalue weighted by Gasteiger charge is 2.27. The number of nitrogens with one attached hydrogen (secondary N) is 2. The normalized spacial score (nSPS) is 15.1. The van der Waals surface area contributed by atoms with E-state index in [1.807, 2.05) is 36.4 Å². The van der Waals surface area contributed by atoms with Gasteiger partial charge in [0.05, 0.1) is 11.4 Å². The number of aryl methyl sites for hydroxylation is 1. The van der Waals surface area contributed by atoms with E-state index in [2.05, 4.69) is 10.6 Å². The molecular formula is C22H29N3O3S. The minimum absolute atomic E-state index is 0.0983. The van der Waals surface area contributed by atoms with Crippen LogP contribution in [0.5, 0.6) is 0 Å². The molecule has 0 saturated carbocycles. The fraction of sp³-hybridized carbons (Fsp3) is 0.409. The van der Waals surface area contributed by atoms with Gasteiger partial charge in [-0.25, -0.2) is 8.42 Å². The molecule has 0 bridgehead atoms. The highest BCUT2D eigenvalue weighted by molar-refractivity contribution is 7.89. The first-order valence-electron chi connectivity index (χ1n) is 10.1. The van der Waals surface area contributed by atoms with Crippen LogP contribution in [0.1, 0.15) is 30.4 Å². The van der Waals surface area contributed by atoms with E-state index in [0.717, 1.165) is 25.7 Å². The number of carbonyl (C=O) groups excluding carboxylic acids is 1. The summed E-state index contributed by atoms with van der Waals surface area (Å²) in [6.45, 7) is 3.61. The van der Waals surface area contributed by atoms with Crippen LogP contribution in [-0.4, -0.2) is 44.8 Å². The van der Waals surface area contributed by atoms with Crippen LogP contribution in [0.2, 0.25) is 0 Å². The predicted molar refractivity (Wildman–Crippen MR) is 115 cm³/mol. The molecule has 0 spiro atoms. The first kappa shape index (κ1) is 21.3. The van der Waals surface area contributed by atoms with E-state index in [-0.39, 0.29) is 12.5 Å². The summed E-state index contributed by atoms with van der Waals surface area (Å²) >= 11 is 0. The molecule has 3 rings (SSSR count). The molecule has 0 radical (unpaired) electrons. The average molecular weight is 416 g/mol. The van der Waals surface area contributed by atoms with Crippen molar-refractivity contribution < 1.29 is 13.2 Å². The molecule has 1 fully saturated rings. The van der Waals surface area contributed by atoms with Crippen LogP contribution < -0.4 is 10.6 Å². The van der Waals surface area contributed by atoms with Gasteiger partial charge in [-0.2, -0.15) is 4.31 Å². The molecule has 2 aromatic carbocycles. The molecule has 156 valence electrons. The number of piperidine rings is 1. The highest BCUT2D eigenvalue weighted by atomic mass is 32.2. The summed E-state index contributed by atoms with van der Waals surface area (Å²) in [5.41, 5.74) is 2.52. The van der Waals surface area contributed by atoms with Crippen LogP contribution in [0.4, 0.5) is 5.69 Å². The van der Waals surface area contributed by atoms with E-state index in [0.29, 0.717) is 35.8 Å². The van der Waals surface area contributed by atoms with Gasteiger partial charge in [0, 0.05) is 25.3 Å². The summed E-state index contributed by atoms with van der Waals surface area (Å²) in [5, 5.41) is 5.92. The monoisotopic (exact) mass is 415 g/mol. The lowest BCUT2D eigenvalue weighted by Crippen LogP contribution is -2.36. The maximum Gasteiger partial charge on any atom is 0.243 e. The molecule has 0 unspecified atom stereocenters. The summed E-state index contributed by atoms with van der Waals surface area (Å²) < 4.78 is 27.6. The van der Waals surface area contributed by atoms with Crippen LogP contribution in [0.25, 0.3) is 0 Å². The summed E-state index contributed by atoms with van der Waals surface area (Å²) in [5.74, 6) is -0.123. The molecule has 1 aliphatic heterocycles. The fourth-order valence-electron chi connectivity index (χ4n) is 3.47. The predicted octanol–water partition coefficient (Wildman–Crippen LogP) is 2.94. The third kappa shape index (κ3) is 5.81. The second-order valence-corrected chi connectivity index (χ2v) is 9.29. The van der Waals surface area contributed by atoms with Gasteiger partial charge in [-0.15, -0.1) is 0 Å². The van der Waals surface area contributed by atoms with E-state index >= 15 is 0 Å². The largest absolute Gasteiger partial charge is 0.376 e.